The van der Waals surface area contributed by atoms with E-state index in [1.54, 1.807) is 0 Å². The predicted octanol–water partition coefficient (Wildman–Crippen LogP) is 1.94. The topological polar surface area (TPSA) is 62.2 Å². The largest absolute Gasteiger partial charge is 0.505 e. The second kappa shape index (κ2) is 5.84. The third-order valence-corrected chi connectivity index (χ3v) is 3.61. The van der Waals surface area contributed by atoms with Crippen molar-refractivity contribution in [1.82, 2.24) is 10.3 Å². The number of halogens is 1. The fourth-order valence-electron chi connectivity index (χ4n) is 1.10. The standard InChI is InChI=1S/C11H15BrN2O2/c1-7(2)9(12)5-14-11(16)8-3-4-13-6-10(8)15/h3-4,6-7,9,15H,5H2,1-2H3,(H,14,16). The van der Waals surface area contributed by atoms with E-state index in [0.717, 1.165) is 0 Å². The van der Waals surface area contributed by atoms with Crippen LogP contribution in [0.5, 0.6) is 5.75 Å². The van der Waals surface area contributed by atoms with Gasteiger partial charge in [-0.05, 0) is 12.0 Å². The molecule has 1 aromatic rings. The van der Waals surface area contributed by atoms with Crippen LogP contribution in [0.1, 0.15) is 24.2 Å². The summed E-state index contributed by atoms with van der Waals surface area (Å²) in [7, 11) is 0. The zero-order chi connectivity index (χ0) is 12.1. The number of aromatic hydroxyl groups is 1. The van der Waals surface area contributed by atoms with Gasteiger partial charge in [0.15, 0.2) is 0 Å². The van der Waals surface area contributed by atoms with Crippen molar-refractivity contribution in [3.05, 3.63) is 24.0 Å². The smallest absolute Gasteiger partial charge is 0.255 e. The van der Waals surface area contributed by atoms with E-state index in [9.17, 15) is 9.90 Å². The van der Waals surface area contributed by atoms with Gasteiger partial charge < -0.3 is 10.4 Å². The first-order chi connectivity index (χ1) is 7.52. The molecule has 0 aliphatic carbocycles. The Labute approximate surface area is 103 Å². The number of nitrogens with zero attached hydrogens (tertiary/aromatic N) is 1. The van der Waals surface area contributed by atoms with Crippen molar-refractivity contribution in [1.29, 1.82) is 0 Å². The summed E-state index contributed by atoms with van der Waals surface area (Å²) in [5, 5.41) is 12.2. The van der Waals surface area contributed by atoms with Gasteiger partial charge >= 0.3 is 0 Å². The molecule has 0 bridgehead atoms. The minimum atomic E-state index is -0.287. The summed E-state index contributed by atoms with van der Waals surface area (Å²) in [6.45, 7) is 4.66. The molecule has 0 spiro atoms. The summed E-state index contributed by atoms with van der Waals surface area (Å²) in [5.74, 6) is 0.0482. The van der Waals surface area contributed by atoms with Gasteiger partial charge in [0.25, 0.3) is 5.91 Å². The highest BCUT2D eigenvalue weighted by molar-refractivity contribution is 9.09. The summed E-state index contributed by atoms with van der Waals surface area (Å²) >= 11 is 3.47. The molecule has 0 aliphatic heterocycles. The summed E-state index contributed by atoms with van der Waals surface area (Å²) in [6.07, 6.45) is 2.73. The van der Waals surface area contributed by atoms with E-state index in [1.807, 2.05) is 0 Å². The molecule has 1 atom stereocenters. The molecule has 0 fully saturated rings. The molecular formula is C11H15BrN2O2. The van der Waals surface area contributed by atoms with Crippen LogP contribution in [0.2, 0.25) is 0 Å². The van der Waals surface area contributed by atoms with Gasteiger partial charge in [0.2, 0.25) is 0 Å². The van der Waals surface area contributed by atoms with Gasteiger partial charge in [-0.15, -0.1) is 0 Å². The van der Waals surface area contributed by atoms with E-state index in [2.05, 4.69) is 40.1 Å². The van der Waals surface area contributed by atoms with Gasteiger partial charge in [-0.1, -0.05) is 29.8 Å². The highest BCUT2D eigenvalue weighted by atomic mass is 79.9. The van der Waals surface area contributed by atoms with Crippen LogP contribution < -0.4 is 5.32 Å². The van der Waals surface area contributed by atoms with Gasteiger partial charge in [0.05, 0.1) is 11.8 Å². The first-order valence-electron chi connectivity index (χ1n) is 5.07. The lowest BCUT2D eigenvalue weighted by Gasteiger charge is -2.14. The number of alkyl halides is 1. The van der Waals surface area contributed by atoms with Crippen LogP contribution in [-0.4, -0.2) is 27.4 Å². The van der Waals surface area contributed by atoms with Crippen molar-refractivity contribution in [3.63, 3.8) is 0 Å². The second-order valence-electron chi connectivity index (χ2n) is 3.86. The van der Waals surface area contributed by atoms with Crippen molar-refractivity contribution >= 4 is 21.8 Å². The third-order valence-electron chi connectivity index (χ3n) is 2.23. The fraction of sp³-hybridized carbons (Fsp3) is 0.455. The van der Waals surface area contributed by atoms with Crippen LogP contribution in [0, 0.1) is 5.92 Å². The van der Waals surface area contributed by atoms with Crippen LogP contribution in [0.25, 0.3) is 0 Å². The average molecular weight is 287 g/mol. The maximum Gasteiger partial charge on any atom is 0.255 e. The monoisotopic (exact) mass is 286 g/mol. The first-order valence-corrected chi connectivity index (χ1v) is 5.99. The Morgan fingerprint density at radius 1 is 1.62 bits per heavy atom. The van der Waals surface area contributed by atoms with Crippen LogP contribution in [0.15, 0.2) is 18.5 Å². The number of amides is 1. The van der Waals surface area contributed by atoms with Crippen LogP contribution in [0.4, 0.5) is 0 Å². The number of pyridine rings is 1. The zero-order valence-corrected chi connectivity index (χ0v) is 10.9. The van der Waals surface area contributed by atoms with E-state index in [4.69, 9.17) is 0 Å². The summed E-state index contributed by atoms with van der Waals surface area (Å²) in [6, 6.07) is 1.49. The van der Waals surface area contributed by atoms with E-state index in [1.165, 1.54) is 18.5 Å². The number of hydrogen-bond acceptors (Lipinski definition) is 3. The van der Waals surface area contributed by atoms with Gasteiger partial charge in [0.1, 0.15) is 5.75 Å². The SMILES string of the molecule is CC(C)C(Br)CNC(=O)c1ccncc1O. The summed E-state index contributed by atoms with van der Waals surface area (Å²) in [5.41, 5.74) is 0.249. The number of hydrogen-bond donors (Lipinski definition) is 2. The maximum absolute atomic E-state index is 11.7. The highest BCUT2D eigenvalue weighted by Gasteiger charge is 2.13. The molecule has 1 amide bonds. The molecule has 0 aliphatic rings. The Kier molecular flexibility index (Phi) is 4.73. The van der Waals surface area contributed by atoms with Crippen LogP contribution in [0.3, 0.4) is 0 Å². The van der Waals surface area contributed by atoms with E-state index in [0.29, 0.717) is 12.5 Å². The lowest BCUT2D eigenvalue weighted by Crippen LogP contribution is -2.31. The molecule has 1 unspecified atom stereocenters. The molecule has 1 heterocycles. The van der Waals surface area contributed by atoms with Crippen molar-refractivity contribution in [3.8, 4) is 5.75 Å². The van der Waals surface area contributed by atoms with E-state index < -0.39 is 0 Å². The minimum Gasteiger partial charge on any atom is -0.505 e. The van der Waals surface area contributed by atoms with Crippen molar-refractivity contribution in [2.75, 3.05) is 6.54 Å². The van der Waals surface area contributed by atoms with Crippen molar-refractivity contribution in [2.24, 2.45) is 5.92 Å². The molecule has 2 N–H and O–H groups in total. The Balaban J connectivity index is 2.57. The van der Waals surface area contributed by atoms with E-state index in [-0.39, 0.29) is 22.0 Å². The highest BCUT2D eigenvalue weighted by Crippen LogP contribution is 2.14. The number of nitrogens with one attached hydrogen (secondary N) is 1. The summed E-state index contributed by atoms with van der Waals surface area (Å²) < 4.78 is 0. The molecule has 0 radical (unpaired) electrons. The zero-order valence-electron chi connectivity index (χ0n) is 9.27. The number of aromatic nitrogens is 1. The van der Waals surface area contributed by atoms with Gasteiger partial charge in [-0.2, -0.15) is 0 Å². The Hall–Kier alpha value is -1.10. The lowest BCUT2D eigenvalue weighted by molar-refractivity contribution is 0.0950. The predicted molar refractivity (Wildman–Crippen MR) is 65.8 cm³/mol. The van der Waals surface area contributed by atoms with Crippen molar-refractivity contribution in [2.45, 2.75) is 18.7 Å². The molecule has 0 saturated heterocycles. The van der Waals surface area contributed by atoms with Gasteiger partial charge in [0, 0.05) is 17.6 Å². The molecule has 0 saturated carbocycles. The normalized spacial score (nSPS) is 12.5. The Morgan fingerprint density at radius 2 is 2.31 bits per heavy atom. The van der Waals surface area contributed by atoms with Crippen LogP contribution >= 0.6 is 15.9 Å². The Bertz CT molecular complexity index is 369. The number of carbonyl (C=O) groups excluding carboxylic acids is 1. The van der Waals surface area contributed by atoms with Gasteiger partial charge in [-0.3, -0.25) is 9.78 Å². The molecule has 1 rings (SSSR count). The molecule has 1 aromatic heterocycles. The third kappa shape index (κ3) is 3.48. The average Bonchev–Trinajstić information content (AvgIpc) is 2.25. The molecule has 0 aromatic carbocycles. The lowest BCUT2D eigenvalue weighted by atomic mass is 10.1. The molecule has 16 heavy (non-hydrogen) atoms. The Morgan fingerprint density at radius 3 is 2.88 bits per heavy atom. The fourth-order valence-corrected chi connectivity index (χ4v) is 1.26. The van der Waals surface area contributed by atoms with E-state index >= 15 is 0 Å². The first kappa shape index (κ1) is 13.0. The number of rotatable bonds is 4. The van der Waals surface area contributed by atoms with Crippen molar-refractivity contribution < 1.29 is 9.90 Å². The molecule has 4 nitrogen and oxygen atoms in total. The van der Waals surface area contributed by atoms with Gasteiger partial charge in [-0.25, -0.2) is 0 Å². The van der Waals surface area contributed by atoms with Crippen LogP contribution in [-0.2, 0) is 0 Å². The molecular weight excluding hydrogens is 272 g/mol. The maximum atomic E-state index is 11.7. The summed E-state index contributed by atoms with van der Waals surface area (Å²) in [4.78, 5) is 15.6. The number of carbonyl (C=O) groups is 1. The minimum absolute atomic E-state index is 0.101. The molecule has 88 valence electrons. The quantitative estimate of drug-likeness (QED) is 0.832. The molecule has 5 heteroatoms. The second-order valence-corrected chi connectivity index (χ2v) is 5.04.